The maximum atomic E-state index is 12.4. The van der Waals surface area contributed by atoms with Crippen LogP contribution in [-0.4, -0.2) is 34.3 Å². The third-order valence-electron chi connectivity index (χ3n) is 3.97. The zero-order chi connectivity index (χ0) is 18.6. The van der Waals surface area contributed by atoms with Crippen molar-refractivity contribution in [1.29, 1.82) is 0 Å². The molecule has 0 fully saturated rings. The van der Waals surface area contributed by atoms with Gasteiger partial charge in [0.15, 0.2) is 5.69 Å². The Kier molecular flexibility index (Phi) is 5.87. The molecule has 25 heavy (non-hydrogen) atoms. The lowest BCUT2D eigenvalue weighted by atomic mass is 10.1. The van der Waals surface area contributed by atoms with Crippen LogP contribution in [0.5, 0.6) is 0 Å². The van der Waals surface area contributed by atoms with Gasteiger partial charge in [0.05, 0.1) is 11.0 Å². The first kappa shape index (κ1) is 18.6. The van der Waals surface area contributed by atoms with Gasteiger partial charge in [-0.1, -0.05) is 26.0 Å². The number of carbonyl (C=O) groups excluding carboxylic acids is 1. The monoisotopic (exact) mass is 346 g/mol. The summed E-state index contributed by atoms with van der Waals surface area (Å²) in [6.07, 6.45) is 1.90. The normalized spacial score (nSPS) is 12.2. The topological polar surface area (TPSA) is 116 Å². The number of hydrogen-bond donors (Lipinski definition) is 1. The van der Waals surface area contributed by atoms with E-state index in [4.69, 9.17) is 10.2 Å². The fraction of sp³-hybridized carbons (Fsp3) is 0.412. The standard InChI is InChI=1S/C17H22N4O4/c1-11(2)15(18)16-19-14(10-25-16)17(22)20(3)9-8-12-4-6-13(7-5-12)21(23)24/h4-7,10-11,15H,8-9,18H2,1-3H3. The predicted octanol–water partition coefficient (Wildman–Crippen LogP) is 2.55. The Bertz CT molecular complexity index is 739. The van der Waals surface area contributed by atoms with E-state index in [9.17, 15) is 14.9 Å². The summed E-state index contributed by atoms with van der Waals surface area (Å²) in [7, 11) is 1.67. The van der Waals surface area contributed by atoms with Crippen molar-refractivity contribution in [3.63, 3.8) is 0 Å². The number of carbonyl (C=O) groups is 1. The summed E-state index contributed by atoms with van der Waals surface area (Å²) in [6.45, 7) is 4.36. The largest absolute Gasteiger partial charge is 0.446 e. The number of oxazole rings is 1. The zero-order valence-corrected chi connectivity index (χ0v) is 14.5. The van der Waals surface area contributed by atoms with Crippen LogP contribution in [0.3, 0.4) is 0 Å². The number of nitro benzene ring substituents is 1. The molecule has 0 bridgehead atoms. The number of hydrogen-bond acceptors (Lipinski definition) is 6. The molecule has 1 amide bonds. The van der Waals surface area contributed by atoms with Gasteiger partial charge in [0, 0.05) is 25.7 Å². The Morgan fingerprint density at radius 3 is 2.56 bits per heavy atom. The van der Waals surface area contributed by atoms with Gasteiger partial charge in [-0.25, -0.2) is 4.98 Å². The van der Waals surface area contributed by atoms with E-state index < -0.39 is 4.92 Å². The van der Waals surface area contributed by atoms with Crippen molar-refractivity contribution < 1.29 is 14.1 Å². The molecular formula is C17H22N4O4. The quantitative estimate of drug-likeness (QED) is 0.608. The van der Waals surface area contributed by atoms with Crippen LogP contribution in [0.4, 0.5) is 5.69 Å². The summed E-state index contributed by atoms with van der Waals surface area (Å²) in [5.74, 6) is 0.247. The Labute approximate surface area is 145 Å². The van der Waals surface area contributed by atoms with Gasteiger partial charge < -0.3 is 15.1 Å². The second-order valence-corrected chi connectivity index (χ2v) is 6.24. The molecule has 1 aromatic heterocycles. The SMILES string of the molecule is CC(C)C(N)c1nc(C(=O)N(C)CCc2ccc([N+](=O)[O-])cc2)co1. The zero-order valence-electron chi connectivity index (χ0n) is 14.5. The van der Waals surface area contributed by atoms with E-state index in [1.54, 1.807) is 19.2 Å². The van der Waals surface area contributed by atoms with Gasteiger partial charge in [0.2, 0.25) is 5.89 Å². The molecule has 1 heterocycles. The minimum atomic E-state index is -0.441. The third-order valence-corrected chi connectivity index (χ3v) is 3.97. The molecule has 2 N–H and O–H groups in total. The molecule has 1 aromatic carbocycles. The Balaban J connectivity index is 1.95. The first-order valence-electron chi connectivity index (χ1n) is 7.99. The second-order valence-electron chi connectivity index (χ2n) is 6.24. The molecule has 0 aliphatic heterocycles. The number of likely N-dealkylation sites (N-methyl/N-ethyl adjacent to an activating group) is 1. The molecule has 0 radical (unpaired) electrons. The summed E-state index contributed by atoms with van der Waals surface area (Å²) in [5.41, 5.74) is 7.14. The highest BCUT2D eigenvalue weighted by molar-refractivity contribution is 5.91. The highest BCUT2D eigenvalue weighted by Gasteiger charge is 2.21. The van der Waals surface area contributed by atoms with Gasteiger partial charge in [0.25, 0.3) is 11.6 Å². The van der Waals surface area contributed by atoms with Crippen molar-refractivity contribution in [2.75, 3.05) is 13.6 Å². The average molecular weight is 346 g/mol. The van der Waals surface area contributed by atoms with Gasteiger partial charge in [-0.3, -0.25) is 14.9 Å². The maximum absolute atomic E-state index is 12.4. The summed E-state index contributed by atoms with van der Waals surface area (Å²) >= 11 is 0. The smallest absolute Gasteiger partial charge is 0.275 e. The Morgan fingerprint density at radius 1 is 1.36 bits per heavy atom. The van der Waals surface area contributed by atoms with Crippen molar-refractivity contribution in [3.8, 4) is 0 Å². The van der Waals surface area contributed by atoms with Crippen molar-refractivity contribution in [1.82, 2.24) is 9.88 Å². The van der Waals surface area contributed by atoms with E-state index in [-0.39, 0.29) is 29.2 Å². The van der Waals surface area contributed by atoms with Gasteiger partial charge in [-0.2, -0.15) is 0 Å². The first-order valence-corrected chi connectivity index (χ1v) is 7.99. The second kappa shape index (κ2) is 7.89. The van der Waals surface area contributed by atoms with Crippen LogP contribution in [0.25, 0.3) is 0 Å². The molecule has 2 rings (SSSR count). The van der Waals surface area contributed by atoms with Crippen molar-refractivity contribution >= 4 is 11.6 Å². The van der Waals surface area contributed by atoms with Crippen LogP contribution in [-0.2, 0) is 6.42 Å². The molecule has 0 aliphatic carbocycles. The Morgan fingerprint density at radius 2 is 2.00 bits per heavy atom. The van der Waals surface area contributed by atoms with E-state index in [1.165, 1.54) is 23.3 Å². The maximum Gasteiger partial charge on any atom is 0.275 e. The number of nitrogens with two attached hydrogens (primary N) is 1. The fourth-order valence-corrected chi connectivity index (χ4v) is 2.20. The number of aromatic nitrogens is 1. The number of benzene rings is 1. The summed E-state index contributed by atoms with van der Waals surface area (Å²) in [5, 5.41) is 10.6. The van der Waals surface area contributed by atoms with Crippen molar-refractivity contribution in [2.45, 2.75) is 26.3 Å². The highest BCUT2D eigenvalue weighted by Crippen LogP contribution is 2.18. The molecule has 0 spiro atoms. The average Bonchev–Trinajstić information content (AvgIpc) is 3.08. The summed E-state index contributed by atoms with van der Waals surface area (Å²) in [6, 6.07) is 5.92. The van der Waals surface area contributed by atoms with Crippen LogP contribution >= 0.6 is 0 Å². The summed E-state index contributed by atoms with van der Waals surface area (Å²) in [4.78, 5) is 28.3. The Hall–Kier alpha value is -2.74. The number of nitro groups is 1. The highest BCUT2D eigenvalue weighted by atomic mass is 16.6. The molecule has 1 atom stereocenters. The number of non-ortho nitro benzene ring substituents is 1. The fourth-order valence-electron chi connectivity index (χ4n) is 2.20. The molecule has 134 valence electrons. The van der Waals surface area contributed by atoms with Crippen LogP contribution in [0.1, 0.15) is 41.8 Å². The van der Waals surface area contributed by atoms with Gasteiger partial charge in [-0.15, -0.1) is 0 Å². The van der Waals surface area contributed by atoms with E-state index in [2.05, 4.69) is 4.98 Å². The number of nitrogens with zero attached hydrogens (tertiary/aromatic N) is 3. The van der Waals surface area contributed by atoms with E-state index in [0.29, 0.717) is 18.9 Å². The molecule has 8 heteroatoms. The van der Waals surface area contributed by atoms with Crippen molar-refractivity contribution in [3.05, 3.63) is 57.8 Å². The molecule has 1 unspecified atom stereocenters. The van der Waals surface area contributed by atoms with Gasteiger partial charge in [0.1, 0.15) is 6.26 Å². The van der Waals surface area contributed by atoms with Crippen LogP contribution < -0.4 is 5.73 Å². The molecule has 0 aliphatic rings. The molecule has 0 saturated heterocycles. The minimum Gasteiger partial charge on any atom is -0.446 e. The minimum absolute atomic E-state index is 0.0461. The molecule has 0 saturated carbocycles. The first-order chi connectivity index (χ1) is 11.8. The van der Waals surface area contributed by atoms with E-state index in [1.807, 2.05) is 13.8 Å². The van der Waals surface area contributed by atoms with Gasteiger partial charge >= 0.3 is 0 Å². The summed E-state index contributed by atoms with van der Waals surface area (Å²) < 4.78 is 5.31. The van der Waals surface area contributed by atoms with Crippen molar-refractivity contribution in [2.24, 2.45) is 11.7 Å². The van der Waals surface area contributed by atoms with Crippen LogP contribution in [0.15, 0.2) is 34.9 Å². The third kappa shape index (κ3) is 4.63. The lowest BCUT2D eigenvalue weighted by Crippen LogP contribution is -2.29. The molecular weight excluding hydrogens is 324 g/mol. The van der Waals surface area contributed by atoms with E-state index >= 15 is 0 Å². The predicted molar refractivity (Wildman–Crippen MR) is 92.0 cm³/mol. The van der Waals surface area contributed by atoms with Crippen LogP contribution in [0, 0.1) is 16.0 Å². The van der Waals surface area contributed by atoms with Crippen LogP contribution in [0.2, 0.25) is 0 Å². The lowest BCUT2D eigenvalue weighted by Gasteiger charge is -2.15. The van der Waals surface area contributed by atoms with E-state index in [0.717, 1.165) is 5.56 Å². The molecule has 2 aromatic rings. The number of amides is 1. The van der Waals surface area contributed by atoms with Gasteiger partial charge in [-0.05, 0) is 17.9 Å². The molecule has 8 nitrogen and oxygen atoms in total. The number of rotatable bonds is 7. The lowest BCUT2D eigenvalue weighted by molar-refractivity contribution is -0.384.